The topological polar surface area (TPSA) is 23.8 Å². The van der Waals surface area contributed by atoms with E-state index in [1.807, 2.05) is 6.07 Å². The van der Waals surface area contributed by atoms with Crippen LogP contribution in [0.5, 0.6) is 0 Å². The Labute approximate surface area is 58.7 Å². The van der Waals surface area contributed by atoms with E-state index in [0.717, 1.165) is 0 Å². The van der Waals surface area contributed by atoms with Crippen LogP contribution in [-0.4, -0.2) is 0 Å². The third-order valence-electron chi connectivity index (χ3n) is 1.20. The number of alkyl halides is 1. The van der Waals surface area contributed by atoms with Crippen molar-refractivity contribution in [2.75, 3.05) is 0 Å². The standard InChI is InChI=1S/C8H5FN/c9-5-7-3-1-2-4-8(7)6-10/h1-2,4H,5H2. The highest BCUT2D eigenvalue weighted by atomic mass is 19.1. The molecule has 1 radical (unpaired) electrons. The molecule has 0 saturated heterocycles. The number of rotatable bonds is 1. The van der Waals surface area contributed by atoms with Crippen LogP contribution in [0.1, 0.15) is 11.1 Å². The summed E-state index contributed by atoms with van der Waals surface area (Å²) in [5.74, 6) is 0. The largest absolute Gasteiger partial charge is 0.246 e. The van der Waals surface area contributed by atoms with E-state index in [9.17, 15) is 4.39 Å². The SMILES string of the molecule is N#Cc1ccc[c]c1CF. The summed E-state index contributed by atoms with van der Waals surface area (Å²) < 4.78 is 12.0. The van der Waals surface area contributed by atoms with Gasteiger partial charge < -0.3 is 0 Å². The van der Waals surface area contributed by atoms with E-state index in [0.29, 0.717) is 11.1 Å². The summed E-state index contributed by atoms with van der Waals surface area (Å²) in [7, 11) is 0. The highest BCUT2D eigenvalue weighted by molar-refractivity contribution is 5.35. The lowest BCUT2D eigenvalue weighted by atomic mass is 10.1. The molecule has 0 unspecified atom stereocenters. The minimum Gasteiger partial charge on any atom is -0.246 e. The average molecular weight is 134 g/mol. The van der Waals surface area contributed by atoms with E-state index in [4.69, 9.17) is 5.26 Å². The van der Waals surface area contributed by atoms with Crippen molar-refractivity contribution in [1.82, 2.24) is 0 Å². The Balaban J connectivity index is 3.12. The normalized spacial score (nSPS) is 8.80. The fraction of sp³-hybridized carbons (Fsp3) is 0.125. The van der Waals surface area contributed by atoms with Crippen LogP contribution in [0.4, 0.5) is 4.39 Å². The Morgan fingerprint density at radius 2 is 2.50 bits per heavy atom. The quantitative estimate of drug-likeness (QED) is 0.574. The van der Waals surface area contributed by atoms with Crippen LogP contribution in [0.2, 0.25) is 0 Å². The first kappa shape index (κ1) is 6.76. The minimum absolute atomic E-state index is 0.338. The molecule has 1 aromatic carbocycles. The molecule has 1 rings (SSSR count). The Hall–Kier alpha value is -1.36. The van der Waals surface area contributed by atoms with Gasteiger partial charge in [-0.1, -0.05) is 12.1 Å². The van der Waals surface area contributed by atoms with Gasteiger partial charge in [-0.15, -0.1) is 0 Å². The van der Waals surface area contributed by atoms with Gasteiger partial charge in [0.05, 0.1) is 11.6 Å². The molecule has 0 atom stereocenters. The maximum Gasteiger partial charge on any atom is 0.116 e. The molecule has 49 valence electrons. The van der Waals surface area contributed by atoms with Crippen LogP contribution in [0.3, 0.4) is 0 Å². The fourth-order valence-electron chi connectivity index (χ4n) is 0.687. The average Bonchev–Trinajstić information content (AvgIpc) is 2.04. The molecule has 0 amide bonds. The van der Waals surface area contributed by atoms with Gasteiger partial charge in [-0.3, -0.25) is 0 Å². The maximum atomic E-state index is 12.0. The van der Waals surface area contributed by atoms with Gasteiger partial charge in [0, 0.05) is 5.56 Å². The Kier molecular flexibility index (Phi) is 2.01. The van der Waals surface area contributed by atoms with E-state index in [1.165, 1.54) is 0 Å². The predicted octanol–water partition coefficient (Wildman–Crippen LogP) is 1.83. The smallest absolute Gasteiger partial charge is 0.116 e. The van der Waals surface area contributed by atoms with Gasteiger partial charge in [0.15, 0.2) is 0 Å². The van der Waals surface area contributed by atoms with E-state index in [2.05, 4.69) is 6.07 Å². The molecule has 10 heavy (non-hydrogen) atoms. The van der Waals surface area contributed by atoms with Crippen LogP contribution in [-0.2, 0) is 6.67 Å². The number of nitrogens with zero attached hydrogens (tertiary/aromatic N) is 1. The molecule has 1 nitrogen and oxygen atoms in total. The van der Waals surface area contributed by atoms with E-state index < -0.39 is 6.67 Å². The lowest BCUT2D eigenvalue weighted by molar-refractivity contribution is 0.484. The van der Waals surface area contributed by atoms with Crippen molar-refractivity contribution >= 4 is 0 Å². The molecular formula is C8H5FN. The van der Waals surface area contributed by atoms with Gasteiger partial charge >= 0.3 is 0 Å². The van der Waals surface area contributed by atoms with Gasteiger partial charge in [0.1, 0.15) is 6.67 Å². The third kappa shape index (κ3) is 1.14. The summed E-state index contributed by atoms with van der Waals surface area (Å²) in [5.41, 5.74) is 0.704. The number of hydrogen-bond acceptors (Lipinski definition) is 1. The first-order valence-electron chi connectivity index (χ1n) is 2.84. The molecule has 0 aliphatic carbocycles. The highest BCUT2D eigenvalue weighted by Crippen LogP contribution is 2.06. The first-order valence-corrected chi connectivity index (χ1v) is 2.84. The molecule has 0 aliphatic rings. The predicted molar refractivity (Wildman–Crippen MR) is 34.8 cm³/mol. The Morgan fingerprint density at radius 3 is 3.00 bits per heavy atom. The van der Waals surface area contributed by atoms with Crippen molar-refractivity contribution in [2.45, 2.75) is 6.67 Å². The van der Waals surface area contributed by atoms with Crippen molar-refractivity contribution in [3.63, 3.8) is 0 Å². The van der Waals surface area contributed by atoms with Gasteiger partial charge in [0.25, 0.3) is 0 Å². The zero-order valence-corrected chi connectivity index (χ0v) is 5.26. The molecule has 0 heterocycles. The van der Waals surface area contributed by atoms with Crippen LogP contribution in [0.25, 0.3) is 0 Å². The highest BCUT2D eigenvalue weighted by Gasteiger charge is 1.97. The van der Waals surface area contributed by atoms with E-state index in [1.54, 1.807) is 18.2 Å². The van der Waals surface area contributed by atoms with Crippen LogP contribution in [0, 0.1) is 17.4 Å². The molecule has 0 fully saturated rings. The van der Waals surface area contributed by atoms with Crippen LogP contribution >= 0.6 is 0 Å². The molecule has 0 aliphatic heterocycles. The first-order chi connectivity index (χ1) is 4.88. The lowest BCUT2D eigenvalue weighted by Crippen LogP contribution is -1.84. The van der Waals surface area contributed by atoms with Crippen LogP contribution < -0.4 is 0 Å². The lowest BCUT2D eigenvalue weighted by Gasteiger charge is -1.93. The van der Waals surface area contributed by atoms with E-state index >= 15 is 0 Å². The zero-order chi connectivity index (χ0) is 7.40. The van der Waals surface area contributed by atoms with Crippen molar-refractivity contribution in [1.29, 1.82) is 5.26 Å². The molecule has 0 spiro atoms. The molecule has 2 heteroatoms. The molecule has 0 bridgehead atoms. The summed E-state index contributed by atoms with van der Waals surface area (Å²) in [6, 6.07) is 9.35. The summed E-state index contributed by atoms with van der Waals surface area (Å²) >= 11 is 0. The molecule has 1 aromatic rings. The second-order valence-corrected chi connectivity index (χ2v) is 1.81. The second-order valence-electron chi connectivity index (χ2n) is 1.81. The third-order valence-corrected chi connectivity index (χ3v) is 1.20. The molecule has 0 saturated carbocycles. The van der Waals surface area contributed by atoms with Crippen molar-refractivity contribution in [2.24, 2.45) is 0 Å². The zero-order valence-electron chi connectivity index (χ0n) is 5.26. The van der Waals surface area contributed by atoms with Gasteiger partial charge in [-0.05, 0) is 12.1 Å². The molecule has 0 N–H and O–H groups in total. The summed E-state index contributed by atoms with van der Waals surface area (Å²) in [5, 5.41) is 8.41. The summed E-state index contributed by atoms with van der Waals surface area (Å²) in [6.45, 7) is -0.621. The van der Waals surface area contributed by atoms with Crippen molar-refractivity contribution < 1.29 is 4.39 Å². The van der Waals surface area contributed by atoms with Gasteiger partial charge in [-0.2, -0.15) is 5.26 Å². The summed E-state index contributed by atoms with van der Waals surface area (Å²) in [6.07, 6.45) is 0. The van der Waals surface area contributed by atoms with Crippen LogP contribution in [0.15, 0.2) is 18.2 Å². The Morgan fingerprint density at radius 1 is 1.70 bits per heavy atom. The number of nitriles is 1. The summed E-state index contributed by atoms with van der Waals surface area (Å²) in [4.78, 5) is 0. The Bertz CT molecular complexity index is 262. The van der Waals surface area contributed by atoms with Gasteiger partial charge in [0.2, 0.25) is 0 Å². The van der Waals surface area contributed by atoms with Crippen molar-refractivity contribution in [3.05, 3.63) is 35.4 Å². The molecular weight excluding hydrogens is 129 g/mol. The van der Waals surface area contributed by atoms with E-state index in [-0.39, 0.29) is 0 Å². The molecule has 0 aromatic heterocycles. The van der Waals surface area contributed by atoms with Gasteiger partial charge in [-0.25, -0.2) is 4.39 Å². The maximum absolute atomic E-state index is 12.0. The number of benzene rings is 1. The van der Waals surface area contributed by atoms with Crippen molar-refractivity contribution in [3.8, 4) is 6.07 Å². The second kappa shape index (κ2) is 2.98. The number of hydrogen-bond donors (Lipinski definition) is 0. The fourth-order valence-corrected chi connectivity index (χ4v) is 0.687. The minimum atomic E-state index is -0.621. The number of halogens is 1. The monoisotopic (exact) mass is 134 g/mol.